The van der Waals surface area contributed by atoms with Crippen LogP contribution < -0.4 is 21.7 Å². The van der Waals surface area contributed by atoms with E-state index in [1.807, 2.05) is 19.1 Å². The van der Waals surface area contributed by atoms with Crippen molar-refractivity contribution < 1.29 is 14.4 Å². The van der Waals surface area contributed by atoms with Gasteiger partial charge in [-0.15, -0.1) is 0 Å². The van der Waals surface area contributed by atoms with Gasteiger partial charge in [0.15, 0.2) is 5.69 Å². The van der Waals surface area contributed by atoms with Gasteiger partial charge in [0.1, 0.15) is 10.9 Å². The summed E-state index contributed by atoms with van der Waals surface area (Å²) in [7, 11) is 0. The summed E-state index contributed by atoms with van der Waals surface area (Å²) in [6.45, 7) is 1.89. The highest BCUT2D eigenvalue weighted by molar-refractivity contribution is 7.09. The number of primary amides is 1. The predicted molar refractivity (Wildman–Crippen MR) is 139 cm³/mol. The Bertz CT molecular complexity index is 1060. The minimum Gasteiger partial charge on any atom is -0.395 e. The number of nitrogens with zero attached hydrogens (tertiary/aromatic N) is 2. The summed E-state index contributed by atoms with van der Waals surface area (Å²) in [4.78, 5) is 40.5. The van der Waals surface area contributed by atoms with Crippen molar-refractivity contribution in [1.29, 1.82) is 0 Å². The SMILES string of the molecule is CC[C@H](C(=O)NC1CCCC1)N(C(=O)c1snc(C(N)=O)c1N)c1ccc(C2CCCCC2)cc1. The summed E-state index contributed by atoms with van der Waals surface area (Å²) in [6, 6.07) is 7.38. The van der Waals surface area contributed by atoms with Crippen LogP contribution in [-0.4, -0.2) is 34.2 Å². The Hall–Kier alpha value is -2.94. The molecule has 4 rings (SSSR count). The number of rotatable bonds is 8. The number of anilines is 2. The molecule has 2 fully saturated rings. The maximum Gasteiger partial charge on any atom is 0.272 e. The van der Waals surface area contributed by atoms with Gasteiger partial charge in [-0.1, -0.05) is 51.2 Å². The van der Waals surface area contributed by atoms with Gasteiger partial charge in [0.25, 0.3) is 11.8 Å². The molecule has 0 radical (unpaired) electrons. The molecule has 35 heavy (non-hydrogen) atoms. The topological polar surface area (TPSA) is 131 Å². The van der Waals surface area contributed by atoms with Crippen LogP contribution in [0.3, 0.4) is 0 Å². The van der Waals surface area contributed by atoms with Gasteiger partial charge in [0, 0.05) is 11.7 Å². The summed E-state index contributed by atoms with van der Waals surface area (Å²) in [6.07, 6.45) is 10.6. The third-order valence-corrected chi connectivity index (χ3v) is 8.18. The summed E-state index contributed by atoms with van der Waals surface area (Å²) in [5.74, 6) is -0.884. The number of nitrogens with two attached hydrogens (primary N) is 2. The first-order chi connectivity index (χ1) is 16.9. The Morgan fingerprint density at radius 2 is 1.69 bits per heavy atom. The van der Waals surface area contributed by atoms with Gasteiger partial charge in [0.2, 0.25) is 5.91 Å². The third kappa shape index (κ3) is 5.50. The minimum absolute atomic E-state index is 0.0395. The monoisotopic (exact) mass is 497 g/mol. The van der Waals surface area contributed by atoms with Gasteiger partial charge in [-0.25, -0.2) is 0 Å². The van der Waals surface area contributed by atoms with E-state index >= 15 is 0 Å². The second kappa shape index (κ2) is 11.2. The number of nitrogens with one attached hydrogen (secondary N) is 1. The number of benzene rings is 1. The number of carbonyl (C=O) groups is 3. The van der Waals surface area contributed by atoms with Gasteiger partial charge in [-0.3, -0.25) is 19.3 Å². The predicted octanol–water partition coefficient (Wildman–Crippen LogP) is 4.36. The van der Waals surface area contributed by atoms with Gasteiger partial charge >= 0.3 is 0 Å². The van der Waals surface area contributed by atoms with Crippen molar-refractivity contribution in [2.45, 2.75) is 89.1 Å². The van der Waals surface area contributed by atoms with Gasteiger partial charge in [-0.2, -0.15) is 4.37 Å². The Kier molecular flexibility index (Phi) is 8.05. The largest absolute Gasteiger partial charge is 0.395 e. The lowest BCUT2D eigenvalue weighted by Gasteiger charge is -2.31. The van der Waals surface area contributed by atoms with Crippen molar-refractivity contribution >= 4 is 40.6 Å². The summed E-state index contributed by atoms with van der Waals surface area (Å²) in [5, 5.41) is 3.14. The summed E-state index contributed by atoms with van der Waals surface area (Å²) < 4.78 is 3.99. The minimum atomic E-state index is -0.785. The molecule has 0 bridgehead atoms. The van der Waals surface area contributed by atoms with Crippen molar-refractivity contribution in [3.63, 3.8) is 0 Å². The van der Waals surface area contributed by atoms with Crippen LogP contribution in [0.2, 0.25) is 0 Å². The molecule has 2 aromatic rings. The molecule has 8 nitrogen and oxygen atoms in total. The second-order valence-corrected chi connectivity index (χ2v) is 10.4. The molecule has 2 saturated carbocycles. The van der Waals surface area contributed by atoms with E-state index in [1.165, 1.54) is 42.6 Å². The maximum atomic E-state index is 13.8. The molecule has 3 amide bonds. The van der Waals surface area contributed by atoms with E-state index in [0.29, 0.717) is 18.0 Å². The first-order valence-electron chi connectivity index (χ1n) is 12.7. The Balaban J connectivity index is 1.67. The first-order valence-corrected chi connectivity index (χ1v) is 13.5. The van der Waals surface area contributed by atoms with E-state index in [-0.39, 0.29) is 28.2 Å². The molecule has 1 aromatic heterocycles. The zero-order valence-corrected chi connectivity index (χ0v) is 21.1. The van der Waals surface area contributed by atoms with Crippen LogP contribution in [0.25, 0.3) is 0 Å². The normalized spacial score (nSPS) is 17.7. The standard InChI is InChI=1S/C26H35N5O3S/c1-2-20(25(33)29-18-10-6-7-11-18)31(26(34)23-21(27)22(24(28)32)30-35-23)19-14-12-17(13-15-19)16-8-4-3-5-9-16/h12-16,18,20H,2-11,27H2,1H3,(H2,28,32)(H,29,33)/t20-/m1/s1. The lowest BCUT2D eigenvalue weighted by Crippen LogP contribution is -2.51. The Labute approximate surface area is 210 Å². The Morgan fingerprint density at radius 3 is 2.26 bits per heavy atom. The van der Waals surface area contributed by atoms with Crippen LogP contribution in [0.5, 0.6) is 0 Å². The molecule has 1 aromatic carbocycles. The zero-order chi connectivity index (χ0) is 24.9. The van der Waals surface area contributed by atoms with Crippen molar-refractivity contribution in [3.05, 3.63) is 40.4 Å². The van der Waals surface area contributed by atoms with Crippen LogP contribution >= 0.6 is 11.5 Å². The number of carbonyl (C=O) groups excluding carboxylic acids is 3. The summed E-state index contributed by atoms with van der Waals surface area (Å²) in [5.41, 5.74) is 13.2. The fourth-order valence-electron chi connectivity index (χ4n) is 5.37. The van der Waals surface area contributed by atoms with E-state index in [4.69, 9.17) is 11.5 Å². The van der Waals surface area contributed by atoms with E-state index in [9.17, 15) is 14.4 Å². The molecule has 0 unspecified atom stereocenters. The van der Waals surface area contributed by atoms with Crippen LogP contribution in [0, 0.1) is 0 Å². The molecule has 1 atom stereocenters. The molecule has 188 valence electrons. The number of amides is 3. The lowest BCUT2D eigenvalue weighted by atomic mass is 9.84. The van der Waals surface area contributed by atoms with Gasteiger partial charge < -0.3 is 16.8 Å². The highest BCUT2D eigenvalue weighted by Crippen LogP contribution is 2.35. The lowest BCUT2D eigenvalue weighted by molar-refractivity contribution is -0.123. The van der Waals surface area contributed by atoms with Crippen molar-refractivity contribution in [2.24, 2.45) is 5.73 Å². The molecule has 0 spiro atoms. The molecule has 1 heterocycles. The first kappa shape index (κ1) is 25.2. The van der Waals surface area contributed by atoms with Crippen LogP contribution in [0.4, 0.5) is 11.4 Å². The van der Waals surface area contributed by atoms with E-state index < -0.39 is 17.9 Å². The highest BCUT2D eigenvalue weighted by atomic mass is 32.1. The average Bonchev–Trinajstić information content (AvgIpc) is 3.52. The highest BCUT2D eigenvalue weighted by Gasteiger charge is 2.35. The van der Waals surface area contributed by atoms with Gasteiger partial charge in [-0.05, 0) is 67.3 Å². The number of aromatic nitrogens is 1. The third-order valence-electron chi connectivity index (χ3n) is 7.32. The number of hydrogen-bond acceptors (Lipinski definition) is 6. The quantitative estimate of drug-likeness (QED) is 0.499. The summed E-state index contributed by atoms with van der Waals surface area (Å²) >= 11 is 0.835. The van der Waals surface area contributed by atoms with E-state index in [1.54, 1.807) is 0 Å². The fraction of sp³-hybridized carbons (Fsp3) is 0.538. The number of hydrogen-bond donors (Lipinski definition) is 3. The van der Waals surface area contributed by atoms with E-state index in [0.717, 1.165) is 37.2 Å². The second-order valence-electron chi connectivity index (χ2n) is 9.65. The van der Waals surface area contributed by atoms with Crippen LogP contribution in [0.1, 0.15) is 103 Å². The smallest absolute Gasteiger partial charge is 0.272 e. The van der Waals surface area contributed by atoms with E-state index in [2.05, 4.69) is 21.8 Å². The zero-order valence-electron chi connectivity index (χ0n) is 20.3. The Morgan fingerprint density at radius 1 is 1.06 bits per heavy atom. The van der Waals surface area contributed by atoms with Crippen LogP contribution in [-0.2, 0) is 4.79 Å². The molecular weight excluding hydrogens is 462 g/mol. The van der Waals surface area contributed by atoms with Crippen LogP contribution in [0.15, 0.2) is 24.3 Å². The molecule has 0 saturated heterocycles. The van der Waals surface area contributed by atoms with Gasteiger partial charge in [0.05, 0.1) is 5.69 Å². The average molecular weight is 498 g/mol. The molecule has 5 N–H and O–H groups in total. The number of nitrogen functional groups attached to an aromatic ring is 1. The fourth-order valence-corrected chi connectivity index (χ4v) is 6.12. The molecule has 2 aliphatic rings. The molecule has 9 heteroatoms. The molecule has 2 aliphatic carbocycles. The molecular formula is C26H35N5O3S. The van der Waals surface area contributed by atoms with Crippen molar-refractivity contribution in [1.82, 2.24) is 9.69 Å². The van der Waals surface area contributed by atoms with Crippen molar-refractivity contribution in [3.8, 4) is 0 Å². The maximum absolute atomic E-state index is 13.8. The molecule has 0 aliphatic heterocycles. The van der Waals surface area contributed by atoms with Crippen molar-refractivity contribution in [2.75, 3.05) is 10.6 Å².